The highest BCUT2D eigenvalue weighted by atomic mass is 14.7. The highest BCUT2D eigenvalue weighted by Crippen LogP contribution is 2.27. The minimum absolute atomic E-state index is 0.961. The van der Waals surface area contributed by atoms with Crippen molar-refractivity contribution < 1.29 is 0 Å². The molecule has 43 valence electrons. The third-order valence-electron chi connectivity index (χ3n) is 1.40. The number of aromatic nitrogens is 1. The van der Waals surface area contributed by atoms with E-state index in [-0.39, 0.29) is 0 Å². The Morgan fingerprint density at radius 3 is 3.00 bits per heavy atom. The van der Waals surface area contributed by atoms with E-state index in [4.69, 9.17) is 0 Å². The van der Waals surface area contributed by atoms with Crippen molar-refractivity contribution >= 4 is 6.08 Å². The number of rotatable bonds is 1. The van der Waals surface area contributed by atoms with E-state index in [1.54, 1.807) is 6.08 Å². The molecule has 1 heterocycles. The van der Waals surface area contributed by atoms with Gasteiger partial charge in [-0.2, -0.15) is 0 Å². The number of nitrogens with zero attached hydrogens (tertiary/aromatic N) is 1. The third kappa shape index (κ3) is 0.653. The molecule has 0 spiro atoms. The van der Waals surface area contributed by atoms with Gasteiger partial charge in [0, 0.05) is 6.42 Å². The van der Waals surface area contributed by atoms with Crippen molar-refractivity contribution in [3.8, 4) is 0 Å². The summed E-state index contributed by atoms with van der Waals surface area (Å²) in [6.07, 6.45) is 3.80. The van der Waals surface area contributed by atoms with E-state index in [1.807, 2.05) is 12.5 Å². The van der Waals surface area contributed by atoms with Gasteiger partial charge >= 0.3 is 0 Å². The van der Waals surface area contributed by atoms with Gasteiger partial charge in [0.05, 0.1) is 11.4 Å². The summed E-state index contributed by atoms with van der Waals surface area (Å²) in [5.41, 5.74) is 3.34. The van der Waals surface area contributed by atoms with E-state index in [2.05, 4.69) is 17.6 Å². The predicted octanol–water partition coefficient (Wildman–Crippen LogP) is 1.64. The Balaban J connectivity index is 2.55. The molecule has 0 aromatic carbocycles. The first-order valence-corrected chi connectivity index (χ1v) is 2.88. The number of fused-ring (bicyclic) bond motifs is 1. The zero-order chi connectivity index (χ0) is 6.27. The maximum Gasteiger partial charge on any atom is 0.0627 e. The molecule has 0 N–H and O–H groups in total. The van der Waals surface area contributed by atoms with E-state index in [9.17, 15) is 0 Å². The van der Waals surface area contributed by atoms with Crippen LogP contribution in [0.15, 0.2) is 18.7 Å². The molecule has 0 aliphatic heterocycles. The molecule has 1 aromatic heterocycles. The summed E-state index contributed by atoms with van der Waals surface area (Å²) in [5, 5.41) is 0. The first-order valence-electron chi connectivity index (χ1n) is 2.88. The van der Waals surface area contributed by atoms with Gasteiger partial charge in [-0.15, -0.1) is 0 Å². The maximum atomic E-state index is 4.21. The van der Waals surface area contributed by atoms with E-state index in [1.165, 1.54) is 5.56 Å². The second-order valence-electron chi connectivity index (χ2n) is 2.06. The summed E-state index contributed by atoms with van der Waals surface area (Å²) in [7, 11) is 0. The van der Waals surface area contributed by atoms with Gasteiger partial charge in [0.1, 0.15) is 0 Å². The molecule has 0 saturated carbocycles. The van der Waals surface area contributed by atoms with Gasteiger partial charge in [-0.05, 0) is 17.7 Å². The standard InChI is InChI=1S/C8H6N/c1-2-7-4-3-6-5-8(6)9-7/h2-5H,1H2. The monoisotopic (exact) mass is 116 g/mol. The molecule has 1 aliphatic rings. The topological polar surface area (TPSA) is 12.9 Å². The van der Waals surface area contributed by atoms with Gasteiger partial charge in [0.25, 0.3) is 0 Å². The van der Waals surface area contributed by atoms with Crippen LogP contribution in [0.4, 0.5) is 0 Å². The number of pyridine rings is 1. The van der Waals surface area contributed by atoms with Crippen LogP contribution in [0.5, 0.6) is 0 Å². The fraction of sp³-hybridized carbons (Fsp3) is 0. The lowest BCUT2D eigenvalue weighted by atomic mass is 10.3. The maximum absolute atomic E-state index is 4.21. The minimum Gasteiger partial charge on any atom is -0.252 e. The SMILES string of the molecule is C=Cc1ccc2c(n1)[CH]2. The molecule has 1 aliphatic carbocycles. The quantitative estimate of drug-likeness (QED) is 0.552. The molecule has 0 unspecified atom stereocenters. The Bertz CT molecular complexity index is 263. The molecule has 1 heteroatoms. The van der Waals surface area contributed by atoms with Crippen molar-refractivity contribution in [3.05, 3.63) is 42.1 Å². The first kappa shape index (κ1) is 4.74. The summed E-state index contributed by atoms with van der Waals surface area (Å²) in [4.78, 5) is 4.21. The van der Waals surface area contributed by atoms with Gasteiger partial charge in [-0.25, -0.2) is 0 Å². The van der Waals surface area contributed by atoms with Crippen LogP contribution in [-0.2, 0) is 0 Å². The zero-order valence-electron chi connectivity index (χ0n) is 4.96. The van der Waals surface area contributed by atoms with E-state index in [0.29, 0.717) is 0 Å². The Morgan fingerprint density at radius 2 is 2.33 bits per heavy atom. The van der Waals surface area contributed by atoms with Crippen molar-refractivity contribution in [3.63, 3.8) is 0 Å². The summed E-state index contributed by atoms with van der Waals surface area (Å²) in [6, 6.07) is 4.02. The Morgan fingerprint density at radius 1 is 1.44 bits per heavy atom. The van der Waals surface area contributed by atoms with E-state index in [0.717, 1.165) is 11.4 Å². The Hall–Kier alpha value is -1.11. The normalized spacial score (nSPS) is 12.4. The molecular weight excluding hydrogens is 110 g/mol. The van der Waals surface area contributed by atoms with E-state index < -0.39 is 0 Å². The summed E-state index contributed by atoms with van der Waals surface area (Å²) in [6.45, 7) is 3.62. The zero-order valence-corrected chi connectivity index (χ0v) is 4.96. The summed E-state index contributed by atoms with van der Waals surface area (Å²) >= 11 is 0. The summed E-state index contributed by atoms with van der Waals surface area (Å²) in [5.74, 6) is 0. The molecule has 9 heavy (non-hydrogen) atoms. The van der Waals surface area contributed by atoms with Crippen LogP contribution in [0.25, 0.3) is 6.08 Å². The highest BCUT2D eigenvalue weighted by molar-refractivity contribution is 5.57. The molecule has 1 nitrogen and oxygen atoms in total. The molecule has 1 radical (unpaired) electrons. The molecule has 0 amide bonds. The molecule has 0 saturated heterocycles. The lowest BCUT2D eigenvalue weighted by Gasteiger charge is -1.84. The fourth-order valence-corrected chi connectivity index (χ4v) is 0.807. The van der Waals surface area contributed by atoms with Crippen molar-refractivity contribution in [1.29, 1.82) is 0 Å². The molecule has 0 fully saturated rings. The van der Waals surface area contributed by atoms with Gasteiger partial charge in [0.2, 0.25) is 0 Å². The van der Waals surface area contributed by atoms with Gasteiger partial charge in [-0.1, -0.05) is 12.6 Å². The number of hydrogen-bond acceptors (Lipinski definition) is 1. The van der Waals surface area contributed by atoms with Crippen LogP contribution in [-0.4, -0.2) is 4.98 Å². The van der Waals surface area contributed by atoms with Crippen LogP contribution < -0.4 is 0 Å². The average molecular weight is 116 g/mol. The number of hydrogen-bond donors (Lipinski definition) is 0. The predicted molar refractivity (Wildman–Crippen MR) is 36.8 cm³/mol. The second kappa shape index (κ2) is 1.44. The Labute approximate surface area is 54.1 Å². The third-order valence-corrected chi connectivity index (χ3v) is 1.40. The molecule has 2 rings (SSSR count). The van der Waals surface area contributed by atoms with Gasteiger partial charge in [0.15, 0.2) is 0 Å². The lowest BCUT2D eigenvalue weighted by Crippen LogP contribution is -1.74. The van der Waals surface area contributed by atoms with Gasteiger partial charge in [-0.3, -0.25) is 4.98 Å². The van der Waals surface area contributed by atoms with Crippen LogP contribution in [0, 0.1) is 6.42 Å². The van der Waals surface area contributed by atoms with Crippen LogP contribution >= 0.6 is 0 Å². The first-order chi connectivity index (χ1) is 4.40. The van der Waals surface area contributed by atoms with Crippen molar-refractivity contribution in [2.45, 2.75) is 0 Å². The highest BCUT2D eigenvalue weighted by Gasteiger charge is 2.17. The van der Waals surface area contributed by atoms with Crippen molar-refractivity contribution in [1.82, 2.24) is 4.98 Å². The van der Waals surface area contributed by atoms with Crippen LogP contribution in [0.1, 0.15) is 17.0 Å². The second-order valence-corrected chi connectivity index (χ2v) is 2.06. The smallest absolute Gasteiger partial charge is 0.0627 e. The molecule has 1 aromatic rings. The van der Waals surface area contributed by atoms with E-state index >= 15 is 0 Å². The van der Waals surface area contributed by atoms with Crippen LogP contribution in [0.3, 0.4) is 0 Å². The largest absolute Gasteiger partial charge is 0.252 e. The minimum atomic E-state index is 0.961. The Kier molecular flexibility index (Phi) is 0.758. The van der Waals surface area contributed by atoms with Crippen molar-refractivity contribution in [2.75, 3.05) is 0 Å². The van der Waals surface area contributed by atoms with Crippen LogP contribution in [0.2, 0.25) is 0 Å². The average Bonchev–Trinajstić information content (AvgIpc) is 2.64. The van der Waals surface area contributed by atoms with Crippen molar-refractivity contribution in [2.24, 2.45) is 0 Å². The lowest BCUT2D eigenvalue weighted by molar-refractivity contribution is 1.31. The molecule has 0 atom stereocenters. The summed E-state index contributed by atoms with van der Waals surface area (Å²) < 4.78 is 0. The molecular formula is C8H6N. The fourth-order valence-electron chi connectivity index (χ4n) is 0.807. The molecule has 0 bridgehead atoms. The van der Waals surface area contributed by atoms with Gasteiger partial charge < -0.3 is 0 Å².